The van der Waals surface area contributed by atoms with E-state index in [1.54, 1.807) is 7.11 Å². The summed E-state index contributed by atoms with van der Waals surface area (Å²) >= 11 is 1.85. The molecular formula is C19H25F3N4O3S. The van der Waals surface area contributed by atoms with Crippen molar-refractivity contribution in [2.24, 2.45) is 5.92 Å². The first-order chi connectivity index (χ1) is 14.2. The number of carboxylic acids is 1. The van der Waals surface area contributed by atoms with Crippen LogP contribution in [0.2, 0.25) is 0 Å². The molecule has 2 aromatic heterocycles. The summed E-state index contributed by atoms with van der Waals surface area (Å²) in [6.07, 6.45) is -2.40. The van der Waals surface area contributed by atoms with E-state index in [2.05, 4.69) is 38.3 Å². The topological polar surface area (TPSA) is 80.5 Å². The van der Waals surface area contributed by atoms with Crippen LogP contribution >= 0.6 is 11.3 Å². The molecule has 30 heavy (non-hydrogen) atoms. The van der Waals surface area contributed by atoms with Crippen LogP contribution in [0.1, 0.15) is 40.6 Å². The van der Waals surface area contributed by atoms with Crippen LogP contribution in [0.5, 0.6) is 0 Å². The number of alkyl halides is 3. The van der Waals surface area contributed by atoms with Gasteiger partial charge in [0.25, 0.3) is 0 Å². The van der Waals surface area contributed by atoms with Crippen LogP contribution in [-0.4, -0.2) is 57.4 Å². The molecule has 1 N–H and O–H groups in total. The van der Waals surface area contributed by atoms with Crippen molar-refractivity contribution >= 4 is 17.3 Å². The lowest BCUT2D eigenvalue weighted by molar-refractivity contribution is -0.192. The molecule has 166 valence electrons. The molecule has 4 rings (SSSR count). The number of carboxylic acid groups (broad SMARTS) is 1. The molecule has 0 bridgehead atoms. The van der Waals surface area contributed by atoms with Crippen molar-refractivity contribution in [1.82, 2.24) is 19.9 Å². The molecule has 0 radical (unpaired) electrons. The quantitative estimate of drug-likeness (QED) is 0.732. The van der Waals surface area contributed by atoms with Gasteiger partial charge in [0, 0.05) is 44.1 Å². The first-order valence-electron chi connectivity index (χ1n) is 9.65. The van der Waals surface area contributed by atoms with Gasteiger partial charge in [0.05, 0.1) is 12.3 Å². The van der Waals surface area contributed by atoms with Crippen molar-refractivity contribution in [3.05, 3.63) is 33.3 Å². The molecule has 3 heterocycles. The van der Waals surface area contributed by atoms with Gasteiger partial charge in [-0.2, -0.15) is 13.2 Å². The number of nitrogens with zero attached hydrogens (tertiary/aromatic N) is 4. The average molecular weight is 446 g/mol. The van der Waals surface area contributed by atoms with Gasteiger partial charge in [-0.3, -0.25) is 4.90 Å². The molecule has 2 aromatic rings. The number of hydrogen-bond acceptors (Lipinski definition) is 6. The van der Waals surface area contributed by atoms with Gasteiger partial charge in [0.2, 0.25) is 0 Å². The Bertz CT molecular complexity index is 864. The van der Waals surface area contributed by atoms with E-state index in [1.165, 1.54) is 29.0 Å². The smallest absolute Gasteiger partial charge is 0.475 e. The summed E-state index contributed by atoms with van der Waals surface area (Å²) in [6.45, 7) is 6.89. The average Bonchev–Trinajstić information content (AvgIpc) is 3.26. The number of halogens is 3. The van der Waals surface area contributed by atoms with E-state index in [1.807, 2.05) is 11.3 Å². The summed E-state index contributed by atoms with van der Waals surface area (Å²) in [5.74, 6) is -1.57. The fraction of sp³-hybridized carbons (Fsp3) is 0.632. The van der Waals surface area contributed by atoms with E-state index < -0.39 is 12.1 Å². The lowest BCUT2D eigenvalue weighted by Gasteiger charge is -2.32. The number of ether oxygens (including phenoxy) is 1. The number of methoxy groups -OCH3 is 1. The van der Waals surface area contributed by atoms with Gasteiger partial charge in [-0.05, 0) is 42.7 Å². The third kappa shape index (κ3) is 5.79. The first-order valence-corrected chi connectivity index (χ1v) is 10.5. The second-order valence-electron chi connectivity index (χ2n) is 7.70. The maximum atomic E-state index is 10.6. The SMILES string of the molecule is COCC1CN(Cc2sccc2C)Cc2nnn(CC3CC3)c21.O=C(O)C(F)(F)F. The molecule has 1 aliphatic carbocycles. The minimum absolute atomic E-state index is 0.373. The maximum Gasteiger partial charge on any atom is 0.490 e. The summed E-state index contributed by atoms with van der Waals surface area (Å²) in [6, 6.07) is 2.20. The number of fused-ring (bicyclic) bond motifs is 1. The van der Waals surface area contributed by atoms with Crippen molar-refractivity contribution in [3.8, 4) is 0 Å². The monoisotopic (exact) mass is 446 g/mol. The number of rotatable bonds is 6. The zero-order valence-corrected chi connectivity index (χ0v) is 17.7. The largest absolute Gasteiger partial charge is 0.490 e. The summed E-state index contributed by atoms with van der Waals surface area (Å²) in [5.41, 5.74) is 3.85. The summed E-state index contributed by atoms with van der Waals surface area (Å²) < 4.78 is 39.4. The number of aliphatic carboxylic acids is 1. The van der Waals surface area contributed by atoms with Crippen molar-refractivity contribution in [3.63, 3.8) is 0 Å². The highest BCUT2D eigenvalue weighted by Gasteiger charge is 2.38. The second-order valence-corrected chi connectivity index (χ2v) is 8.70. The third-order valence-corrected chi connectivity index (χ3v) is 6.17. The van der Waals surface area contributed by atoms with Gasteiger partial charge in [-0.25, -0.2) is 9.48 Å². The minimum atomic E-state index is -5.08. The van der Waals surface area contributed by atoms with E-state index >= 15 is 0 Å². The number of carbonyl (C=O) groups is 1. The van der Waals surface area contributed by atoms with Gasteiger partial charge in [0.15, 0.2) is 0 Å². The molecule has 0 saturated heterocycles. The fourth-order valence-corrected chi connectivity index (χ4v) is 4.44. The first kappa shape index (κ1) is 22.7. The minimum Gasteiger partial charge on any atom is -0.475 e. The summed E-state index contributed by atoms with van der Waals surface area (Å²) in [7, 11) is 1.79. The normalized spacial score (nSPS) is 19.2. The predicted molar refractivity (Wildman–Crippen MR) is 104 cm³/mol. The number of hydrogen-bond donors (Lipinski definition) is 1. The zero-order chi connectivity index (χ0) is 21.9. The summed E-state index contributed by atoms with van der Waals surface area (Å²) in [5, 5.41) is 18.2. The lowest BCUT2D eigenvalue weighted by atomic mass is 9.98. The molecule has 1 saturated carbocycles. The zero-order valence-electron chi connectivity index (χ0n) is 16.9. The van der Waals surface area contributed by atoms with Gasteiger partial charge < -0.3 is 9.84 Å². The van der Waals surface area contributed by atoms with Crippen molar-refractivity contribution in [1.29, 1.82) is 0 Å². The molecule has 11 heteroatoms. The number of aromatic nitrogens is 3. The predicted octanol–water partition coefficient (Wildman–Crippen LogP) is 3.44. The standard InChI is InChI=1S/C17H24N4OS.C2HF3O2/c1-12-5-6-23-16(12)10-20-8-14(11-22-2)17-15(9-20)18-19-21(17)7-13-3-4-13;3-2(4,5)1(6)7/h5-6,13-14H,3-4,7-11H2,1-2H3;(H,6,7). The molecule has 1 atom stereocenters. The Morgan fingerprint density at radius 1 is 1.40 bits per heavy atom. The Balaban J connectivity index is 0.000000318. The molecule has 0 spiro atoms. The van der Waals surface area contributed by atoms with Gasteiger partial charge in [0.1, 0.15) is 5.69 Å². The molecule has 0 aromatic carbocycles. The van der Waals surface area contributed by atoms with E-state index in [9.17, 15) is 13.2 Å². The summed E-state index contributed by atoms with van der Waals surface area (Å²) in [4.78, 5) is 12.8. The van der Waals surface area contributed by atoms with E-state index in [0.717, 1.165) is 44.4 Å². The Labute approximate surface area is 176 Å². The van der Waals surface area contributed by atoms with Crippen molar-refractivity contribution in [2.45, 2.75) is 51.5 Å². The van der Waals surface area contributed by atoms with E-state index in [4.69, 9.17) is 14.6 Å². The van der Waals surface area contributed by atoms with Crippen LogP contribution in [0.4, 0.5) is 13.2 Å². The van der Waals surface area contributed by atoms with Gasteiger partial charge in [-0.1, -0.05) is 5.21 Å². The van der Waals surface area contributed by atoms with Gasteiger partial charge >= 0.3 is 12.1 Å². The Hall–Kier alpha value is -1.98. The lowest BCUT2D eigenvalue weighted by Crippen LogP contribution is -2.36. The van der Waals surface area contributed by atoms with Crippen LogP contribution in [0, 0.1) is 12.8 Å². The van der Waals surface area contributed by atoms with Crippen LogP contribution < -0.4 is 0 Å². The Kier molecular flexibility index (Phi) is 7.14. The molecule has 1 aliphatic heterocycles. The number of aryl methyl sites for hydroxylation is 1. The van der Waals surface area contributed by atoms with Gasteiger partial charge in [-0.15, -0.1) is 16.4 Å². The Morgan fingerprint density at radius 3 is 2.63 bits per heavy atom. The number of thiophene rings is 1. The molecule has 0 amide bonds. The van der Waals surface area contributed by atoms with E-state index in [-0.39, 0.29) is 0 Å². The third-order valence-electron chi connectivity index (χ3n) is 5.16. The van der Waals surface area contributed by atoms with Crippen LogP contribution in [0.3, 0.4) is 0 Å². The fourth-order valence-electron chi connectivity index (χ4n) is 3.49. The van der Waals surface area contributed by atoms with Crippen LogP contribution in [0.25, 0.3) is 0 Å². The second kappa shape index (κ2) is 9.44. The van der Waals surface area contributed by atoms with Crippen molar-refractivity contribution in [2.75, 3.05) is 20.3 Å². The molecule has 7 nitrogen and oxygen atoms in total. The maximum absolute atomic E-state index is 10.6. The molecule has 2 aliphatic rings. The van der Waals surface area contributed by atoms with Crippen molar-refractivity contribution < 1.29 is 27.8 Å². The molecule has 1 fully saturated rings. The van der Waals surface area contributed by atoms with Crippen LogP contribution in [0.15, 0.2) is 11.4 Å². The van der Waals surface area contributed by atoms with Crippen LogP contribution in [-0.2, 0) is 29.2 Å². The highest BCUT2D eigenvalue weighted by molar-refractivity contribution is 7.10. The molecule has 1 unspecified atom stereocenters. The highest BCUT2D eigenvalue weighted by Crippen LogP contribution is 2.34. The van der Waals surface area contributed by atoms with E-state index in [0.29, 0.717) is 5.92 Å². The highest BCUT2D eigenvalue weighted by atomic mass is 32.1. The molecular weight excluding hydrogens is 421 g/mol. The Morgan fingerprint density at radius 2 is 2.10 bits per heavy atom.